The van der Waals surface area contributed by atoms with Crippen LogP contribution in [0.2, 0.25) is 0 Å². The van der Waals surface area contributed by atoms with Crippen molar-refractivity contribution < 1.29 is 58.2 Å². The highest BCUT2D eigenvalue weighted by Crippen LogP contribution is 2.35. The van der Waals surface area contributed by atoms with Gasteiger partial charge in [-0.1, -0.05) is 60.7 Å². The molecule has 0 radical (unpaired) electrons. The van der Waals surface area contributed by atoms with Gasteiger partial charge in [0.05, 0.1) is 6.61 Å². The molecule has 0 saturated carbocycles. The molecule has 0 unspecified atom stereocenters. The van der Waals surface area contributed by atoms with Gasteiger partial charge in [0.1, 0.15) is 18.0 Å². The number of carboxylic acid groups (broad SMARTS) is 3. The Balaban J connectivity index is 1.69. The first-order chi connectivity index (χ1) is 22.5. The fourth-order valence-electron chi connectivity index (χ4n) is 5.39. The van der Waals surface area contributed by atoms with Crippen LogP contribution in [0.25, 0.3) is 0 Å². The number of aryl methyl sites for hydroxylation is 1. The van der Waals surface area contributed by atoms with Gasteiger partial charge in [-0.05, 0) is 62.1 Å². The van der Waals surface area contributed by atoms with E-state index in [-0.39, 0.29) is 6.61 Å². The Morgan fingerprint density at radius 2 is 1.40 bits per heavy atom. The first-order valence-electron chi connectivity index (χ1n) is 14.8. The van der Waals surface area contributed by atoms with Crippen molar-refractivity contribution in [1.82, 2.24) is 4.90 Å². The van der Waals surface area contributed by atoms with Crippen molar-refractivity contribution in [3.05, 3.63) is 96.1 Å². The lowest BCUT2D eigenvalue weighted by atomic mass is 9.85. The Hall–Kier alpha value is -5.27. The Kier molecular flexibility index (Phi) is 11.3. The number of rotatable bonds is 15. The zero-order valence-electron chi connectivity index (χ0n) is 25.7. The number of carboxylic acids is 3. The van der Waals surface area contributed by atoms with Crippen LogP contribution in [-0.4, -0.2) is 87.2 Å². The molecule has 4 rings (SSSR count). The quantitative estimate of drug-likeness (QED) is 0.160. The molecular weight excluding hydrogens is 614 g/mol. The lowest BCUT2D eigenvalue weighted by molar-refractivity contribution is -0.224. The maximum atomic E-state index is 14.0. The molecule has 3 N–H and O–H groups in total. The third-order valence-electron chi connectivity index (χ3n) is 7.71. The number of amides is 1. The predicted octanol–water partition coefficient (Wildman–Crippen LogP) is 3.71. The van der Waals surface area contributed by atoms with Gasteiger partial charge < -0.3 is 39.2 Å². The van der Waals surface area contributed by atoms with Gasteiger partial charge >= 0.3 is 29.7 Å². The van der Waals surface area contributed by atoms with E-state index in [4.69, 9.17) is 18.9 Å². The van der Waals surface area contributed by atoms with Crippen molar-refractivity contribution >= 4 is 29.8 Å². The van der Waals surface area contributed by atoms with Gasteiger partial charge in [0.25, 0.3) is 5.91 Å². The summed E-state index contributed by atoms with van der Waals surface area (Å²) in [6.07, 6.45) is -3.48. The molecule has 1 amide bonds. The number of carbonyl (C=O) groups excluding carboxylic acids is 2. The molecule has 248 valence electrons. The van der Waals surface area contributed by atoms with E-state index in [1.807, 2.05) is 48.5 Å². The molecule has 1 saturated heterocycles. The summed E-state index contributed by atoms with van der Waals surface area (Å²) < 4.78 is 21.0. The van der Waals surface area contributed by atoms with Gasteiger partial charge in [-0.2, -0.15) is 0 Å². The maximum absolute atomic E-state index is 14.0. The molecular formula is C34H35NO12. The molecule has 0 spiro atoms. The Labute approximate surface area is 270 Å². The molecule has 1 fully saturated rings. The monoisotopic (exact) mass is 649 g/mol. The van der Waals surface area contributed by atoms with E-state index in [1.54, 1.807) is 43.3 Å². The van der Waals surface area contributed by atoms with Crippen molar-refractivity contribution in [2.75, 3.05) is 13.2 Å². The molecule has 5 atom stereocenters. The van der Waals surface area contributed by atoms with Crippen molar-refractivity contribution in [2.24, 2.45) is 0 Å². The van der Waals surface area contributed by atoms with E-state index in [2.05, 4.69) is 0 Å². The zero-order valence-corrected chi connectivity index (χ0v) is 25.7. The minimum atomic E-state index is -3.25. The molecule has 3 aromatic carbocycles. The normalized spacial score (nSPS) is 20.0. The van der Waals surface area contributed by atoms with Crippen LogP contribution in [0.3, 0.4) is 0 Å². The third kappa shape index (κ3) is 8.12. The summed E-state index contributed by atoms with van der Waals surface area (Å²) in [4.78, 5) is 63.9. The van der Waals surface area contributed by atoms with Crippen LogP contribution in [0.5, 0.6) is 11.5 Å². The first kappa shape index (κ1) is 34.6. The van der Waals surface area contributed by atoms with E-state index >= 15 is 0 Å². The highest BCUT2D eigenvalue weighted by molar-refractivity contribution is 6.03. The number of para-hydroxylation sites is 1. The topological polar surface area (TPSA) is 186 Å². The molecule has 1 heterocycles. The van der Waals surface area contributed by atoms with E-state index in [0.29, 0.717) is 24.3 Å². The fraction of sp³-hybridized carbons (Fsp3) is 0.324. The largest absolute Gasteiger partial charge is 0.480 e. The van der Waals surface area contributed by atoms with Gasteiger partial charge in [0, 0.05) is 12.0 Å². The summed E-state index contributed by atoms with van der Waals surface area (Å²) >= 11 is 0. The lowest BCUT2D eigenvalue weighted by Crippen LogP contribution is -2.53. The van der Waals surface area contributed by atoms with Crippen molar-refractivity contribution in [3.8, 4) is 11.5 Å². The van der Waals surface area contributed by atoms with E-state index in [0.717, 1.165) is 16.0 Å². The van der Waals surface area contributed by atoms with Crippen LogP contribution < -0.4 is 4.74 Å². The number of hydrogen-bond acceptors (Lipinski definition) is 9. The second-order valence-corrected chi connectivity index (χ2v) is 10.8. The summed E-state index contributed by atoms with van der Waals surface area (Å²) in [5.41, 5.74) is 1.71. The summed E-state index contributed by atoms with van der Waals surface area (Å²) in [5, 5.41) is 29.5. The highest BCUT2D eigenvalue weighted by atomic mass is 16.8. The number of nitrogens with zero attached hydrogens (tertiary/aromatic N) is 1. The minimum Gasteiger partial charge on any atom is -0.480 e. The lowest BCUT2D eigenvalue weighted by Gasteiger charge is -2.36. The summed E-state index contributed by atoms with van der Waals surface area (Å²) in [6.45, 7) is 1.80. The number of hydrogen-bond donors (Lipinski definition) is 3. The molecule has 13 heteroatoms. The minimum absolute atomic E-state index is 0.294. The second-order valence-electron chi connectivity index (χ2n) is 10.8. The van der Waals surface area contributed by atoms with Crippen molar-refractivity contribution in [1.29, 1.82) is 0 Å². The van der Waals surface area contributed by atoms with Crippen LogP contribution in [-0.2, 0) is 44.6 Å². The van der Waals surface area contributed by atoms with Crippen molar-refractivity contribution in [2.45, 2.75) is 56.6 Å². The molecule has 13 nitrogen and oxygen atoms in total. The van der Waals surface area contributed by atoms with Crippen LogP contribution in [0.1, 0.15) is 37.3 Å². The summed E-state index contributed by atoms with van der Waals surface area (Å²) in [6, 6.07) is 24.8. The van der Waals surface area contributed by atoms with Gasteiger partial charge in [-0.15, -0.1) is 0 Å². The predicted molar refractivity (Wildman–Crippen MR) is 164 cm³/mol. The number of aliphatic carboxylic acids is 3. The van der Waals surface area contributed by atoms with Crippen LogP contribution in [0.4, 0.5) is 0 Å². The highest BCUT2D eigenvalue weighted by Gasteiger charge is 2.65. The average molecular weight is 650 g/mol. The Morgan fingerprint density at radius 3 is 1.96 bits per heavy atom. The van der Waals surface area contributed by atoms with E-state index in [1.165, 1.54) is 6.92 Å². The molecule has 0 aliphatic carbocycles. The van der Waals surface area contributed by atoms with Gasteiger partial charge in [0.15, 0.2) is 12.2 Å². The third-order valence-corrected chi connectivity index (χ3v) is 7.71. The summed E-state index contributed by atoms with van der Waals surface area (Å²) in [5.74, 6) is -10.6. The van der Waals surface area contributed by atoms with Gasteiger partial charge in [-0.3, -0.25) is 9.59 Å². The standard InChI is InChI=1S/C34H35NO12/c1-3-44-33(43)34(32(41)42)46-28(29(47-34)31(39)40)30(38)35(20-27(36)37)21(2)26(19-14-22-10-6-4-7-11-22)23-15-17-25(18-16-23)45-24-12-8-5-9-13-24/h4-13,15-18,21,26,28-29H,3,14,19-20H2,1-2H3,(H,36,37)(H,39,40)(H,41,42)/t21-,26+,28+,29+,34+/m1/s1. The molecule has 0 aromatic heterocycles. The first-order valence-corrected chi connectivity index (χ1v) is 14.8. The van der Waals surface area contributed by atoms with Gasteiger partial charge in [-0.25, -0.2) is 14.4 Å². The average Bonchev–Trinajstić information content (AvgIpc) is 3.48. The van der Waals surface area contributed by atoms with E-state index in [9.17, 15) is 39.3 Å². The molecule has 1 aliphatic rings. The van der Waals surface area contributed by atoms with Crippen LogP contribution >= 0.6 is 0 Å². The van der Waals surface area contributed by atoms with Gasteiger partial charge in [0.2, 0.25) is 0 Å². The SMILES string of the molecule is CCOC(=O)[C@]1(C(=O)O)O[C@H](C(=O)O)[C@@H](C(=O)N(CC(=O)O)[C@H](C)[C@H](CCc2ccccc2)c2ccc(Oc3ccccc3)cc2)O1. The van der Waals surface area contributed by atoms with Crippen LogP contribution in [0, 0.1) is 0 Å². The fourth-order valence-corrected chi connectivity index (χ4v) is 5.39. The smallest absolute Gasteiger partial charge is 0.379 e. The molecule has 0 bridgehead atoms. The number of benzene rings is 3. The number of ether oxygens (including phenoxy) is 4. The second kappa shape index (κ2) is 15.3. The number of esters is 1. The van der Waals surface area contributed by atoms with Crippen molar-refractivity contribution in [3.63, 3.8) is 0 Å². The molecule has 3 aromatic rings. The Bertz CT molecular complexity index is 1560. The number of carbonyl (C=O) groups is 5. The molecule has 47 heavy (non-hydrogen) atoms. The van der Waals surface area contributed by atoms with Crippen LogP contribution in [0.15, 0.2) is 84.9 Å². The Morgan fingerprint density at radius 1 is 0.830 bits per heavy atom. The zero-order chi connectivity index (χ0) is 34.1. The maximum Gasteiger partial charge on any atom is 0.379 e. The van der Waals surface area contributed by atoms with E-state index < -0.39 is 66.3 Å². The summed E-state index contributed by atoms with van der Waals surface area (Å²) in [7, 11) is 0. The molecule has 1 aliphatic heterocycles.